The molecule has 0 radical (unpaired) electrons. The van der Waals surface area contributed by atoms with Crippen molar-refractivity contribution in [3.63, 3.8) is 0 Å². The Balaban J connectivity index is 0.925. The number of hydrogen-bond acceptors (Lipinski definition) is 4. The number of aromatic nitrogens is 4. The molecule has 0 N–H and O–H groups in total. The van der Waals surface area contributed by atoms with E-state index < -0.39 is 0 Å². The lowest BCUT2D eigenvalue weighted by molar-refractivity contribution is 1.07. The van der Waals surface area contributed by atoms with Crippen LogP contribution in [0.3, 0.4) is 0 Å². The van der Waals surface area contributed by atoms with Crippen LogP contribution >= 0.6 is 0 Å². The van der Waals surface area contributed by atoms with E-state index >= 15 is 0 Å². The molecule has 0 amide bonds. The van der Waals surface area contributed by atoms with Crippen molar-refractivity contribution in [1.29, 1.82) is 0 Å². The zero-order valence-corrected chi connectivity index (χ0v) is 33.7. The Morgan fingerprint density at radius 2 is 0.613 bits per heavy atom. The average molecular weight is 791 g/mol. The highest BCUT2D eigenvalue weighted by molar-refractivity contribution is 6.12. The van der Waals surface area contributed by atoms with E-state index in [9.17, 15) is 0 Å². The zero-order valence-electron chi connectivity index (χ0n) is 33.7. The molecule has 0 aliphatic heterocycles. The van der Waals surface area contributed by atoms with Crippen LogP contribution < -0.4 is 0 Å². The summed E-state index contributed by atoms with van der Waals surface area (Å²) >= 11 is 0. The standard InChI is InChI=1S/C58H38N4/c1-3-12-39(13-4-1)41-23-29-44(30-24-41)56-60-57(45-31-25-42(26-32-45)40-14-5-2-6-15-40)62-58(61-56)46-33-27-43(28-34-46)47-16-9-17-48(36-47)49-18-10-19-50(37-49)54-38-51-20-11-35-59-55(51)53-22-8-7-21-52(53)54/h1-38H. The van der Waals surface area contributed by atoms with Crippen LogP contribution in [0.2, 0.25) is 0 Å². The second-order valence-corrected chi connectivity index (χ2v) is 15.5. The van der Waals surface area contributed by atoms with Gasteiger partial charge in [-0.3, -0.25) is 4.98 Å². The lowest BCUT2D eigenvalue weighted by Crippen LogP contribution is -2.00. The van der Waals surface area contributed by atoms with Crippen molar-refractivity contribution < 1.29 is 0 Å². The van der Waals surface area contributed by atoms with E-state index in [1.54, 1.807) is 0 Å². The van der Waals surface area contributed by atoms with Crippen molar-refractivity contribution in [3.8, 4) is 89.8 Å². The van der Waals surface area contributed by atoms with Gasteiger partial charge >= 0.3 is 0 Å². The lowest BCUT2D eigenvalue weighted by Gasteiger charge is -2.12. The van der Waals surface area contributed by atoms with Gasteiger partial charge in [-0.05, 0) is 85.3 Å². The fourth-order valence-corrected chi connectivity index (χ4v) is 8.36. The normalized spacial score (nSPS) is 11.2. The minimum Gasteiger partial charge on any atom is -0.256 e. The Hall–Kier alpha value is -8.34. The van der Waals surface area contributed by atoms with E-state index in [-0.39, 0.29) is 0 Å². The molecule has 0 aliphatic carbocycles. The van der Waals surface area contributed by atoms with E-state index in [4.69, 9.17) is 19.9 Å². The summed E-state index contributed by atoms with van der Waals surface area (Å²) in [5, 5.41) is 3.50. The van der Waals surface area contributed by atoms with E-state index in [2.05, 4.69) is 206 Å². The van der Waals surface area contributed by atoms with Crippen LogP contribution in [0.4, 0.5) is 0 Å². The first-order valence-electron chi connectivity index (χ1n) is 20.9. The highest BCUT2D eigenvalue weighted by Gasteiger charge is 2.15. The number of nitrogens with zero attached hydrogens (tertiary/aromatic N) is 4. The number of hydrogen-bond donors (Lipinski definition) is 0. The molecule has 62 heavy (non-hydrogen) atoms. The number of fused-ring (bicyclic) bond motifs is 3. The molecule has 0 atom stereocenters. The van der Waals surface area contributed by atoms with Gasteiger partial charge < -0.3 is 0 Å². The molecule has 4 heteroatoms. The van der Waals surface area contributed by atoms with Gasteiger partial charge in [0.05, 0.1) is 5.52 Å². The molecule has 0 aliphatic rings. The third-order valence-corrected chi connectivity index (χ3v) is 11.6. The summed E-state index contributed by atoms with van der Waals surface area (Å²) in [6.07, 6.45) is 1.87. The Morgan fingerprint density at radius 1 is 0.242 bits per heavy atom. The first kappa shape index (κ1) is 36.7. The van der Waals surface area contributed by atoms with E-state index in [0.29, 0.717) is 17.5 Å². The smallest absolute Gasteiger partial charge is 0.164 e. The Morgan fingerprint density at radius 3 is 1.13 bits per heavy atom. The number of rotatable bonds is 8. The maximum Gasteiger partial charge on any atom is 0.164 e. The number of pyridine rings is 1. The van der Waals surface area contributed by atoms with Crippen molar-refractivity contribution in [3.05, 3.63) is 231 Å². The fourth-order valence-electron chi connectivity index (χ4n) is 8.36. The van der Waals surface area contributed by atoms with Gasteiger partial charge in [0.15, 0.2) is 17.5 Å². The predicted molar refractivity (Wildman–Crippen MR) is 256 cm³/mol. The van der Waals surface area contributed by atoms with Crippen molar-refractivity contribution >= 4 is 21.7 Å². The first-order chi connectivity index (χ1) is 30.7. The minimum absolute atomic E-state index is 0.624. The molecule has 0 saturated heterocycles. The highest BCUT2D eigenvalue weighted by Crippen LogP contribution is 2.37. The van der Waals surface area contributed by atoms with Crippen molar-refractivity contribution in [2.75, 3.05) is 0 Å². The second-order valence-electron chi connectivity index (χ2n) is 15.5. The molecule has 0 bridgehead atoms. The second kappa shape index (κ2) is 16.0. The van der Waals surface area contributed by atoms with Crippen LogP contribution in [0.15, 0.2) is 231 Å². The van der Waals surface area contributed by atoms with E-state index in [1.165, 1.54) is 27.6 Å². The third-order valence-electron chi connectivity index (χ3n) is 11.6. The molecule has 0 spiro atoms. The summed E-state index contributed by atoms with van der Waals surface area (Å²) in [4.78, 5) is 19.9. The van der Waals surface area contributed by atoms with Gasteiger partial charge in [0, 0.05) is 33.7 Å². The molecule has 0 fully saturated rings. The Labute approximate surface area is 360 Å². The minimum atomic E-state index is 0.624. The van der Waals surface area contributed by atoms with Crippen LogP contribution in [0.25, 0.3) is 111 Å². The number of benzene rings is 9. The van der Waals surface area contributed by atoms with Gasteiger partial charge in [0.2, 0.25) is 0 Å². The Bertz CT molecular complexity index is 3260. The molecular weight excluding hydrogens is 753 g/mol. The lowest BCUT2D eigenvalue weighted by atomic mass is 9.92. The monoisotopic (exact) mass is 790 g/mol. The van der Waals surface area contributed by atoms with E-state index in [0.717, 1.165) is 66.4 Å². The average Bonchev–Trinajstić information content (AvgIpc) is 3.37. The quantitative estimate of drug-likeness (QED) is 0.144. The summed E-state index contributed by atoms with van der Waals surface area (Å²) in [6, 6.07) is 78.8. The first-order valence-corrected chi connectivity index (χ1v) is 20.9. The van der Waals surface area contributed by atoms with Crippen LogP contribution in [0, 0.1) is 0 Å². The molecule has 11 aromatic rings. The summed E-state index contributed by atoms with van der Waals surface area (Å²) in [6.45, 7) is 0. The SMILES string of the molecule is c1ccc(-c2ccc(-c3nc(-c4ccc(-c5ccccc5)cc4)nc(-c4ccc(-c5cccc(-c6cccc(-c7cc8cccnc8c8ccccc78)c6)c5)cc4)n3)cc2)cc1. The maximum absolute atomic E-state index is 5.07. The van der Waals surface area contributed by atoms with Crippen molar-refractivity contribution in [2.24, 2.45) is 0 Å². The van der Waals surface area contributed by atoms with Gasteiger partial charge in [-0.25, -0.2) is 15.0 Å². The zero-order chi connectivity index (χ0) is 41.2. The molecule has 11 rings (SSSR count). The van der Waals surface area contributed by atoms with Crippen LogP contribution in [-0.4, -0.2) is 19.9 Å². The van der Waals surface area contributed by atoms with Crippen LogP contribution in [0.5, 0.6) is 0 Å². The van der Waals surface area contributed by atoms with Crippen molar-refractivity contribution in [2.45, 2.75) is 0 Å². The van der Waals surface area contributed by atoms with Gasteiger partial charge in [-0.1, -0.05) is 200 Å². The molecule has 4 nitrogen and oxygen atoms in total. The van der Waals surface area contributed by atoms with Crippen LogP contribution in [-0.2, 0) is 0 Å². The van der Waals surface area contributed by atoms with Gasteiger partial charge in [-0.15, -0.1) is 0 Å². The highest BCUT2D eigenvalue weighted by atomic mass is 15.0. The molecule has 9 aromatic carbocycles. The molecule has 2 heterocycles. The largest absolute Gasteiger partial charge is 0.256 e. The summed E-state index contributed by atoms with van der Waals surface area (Å²) in [7, 11) is 0. The van der Waals surface area contributed by atoms with E-state index in [1.807, 2.05) is 24.4 Å². The fraction of sp³-hybridized carbons (Fsp3) is 0. The molecule has 0 saturated carbocycles. The predicted octanol–water partition coefficient (Wildman–Crippen LogP) is 14.9. The van der Waals surface area contributed by atoms with Crippen molar-refractivity contribution in [1.82, 2.24) is 19.9 Å². The molecule has 290 valence electrons. The third kappa shape index (κ3) is 7.20. The summed E-state index contributed by atoms with van der Waals surface area (Å²) in [5.41, 5.74) is 15.4. The summed E-state index contributed by atoms with van der Waals surface area (Å²) < 4.78 is 0. The van der Waals surface area contributed by atoms with Gasteiger partial charge in [-0.2, -0.15) is 0 Å². The molecule has 2 aromatic heterocycles. The van der Waals surface area contributed by atoms with Gasteiger partial charge in [0.25, 0.3) is 0 Å². The van der Waals surface area contributed by atoms with Gasteiger partial charge in [0.1, 0.15) is 0 Å². The Kier molecular flexibility index (Phi) is 9.49. The topological polar surface area (TPSA) is 51.6 Å². The molecular formula is C58H38N4. The summed E-state index contributed by atoms with van der Waals surface area (Å²) in [5.74, 6) is 1.88. The van der Waals surface area contributed by atoms with Crippen LogP contribution in [0.1, 0.15) is 0 Å². The maximum atomic E-state index is 5.07. The molecule has 0 unspecified atom stereocenters.